The summed E-state index contributed by atoms with van der Waals surface area (Å²) < 4.78 is 47.3. The minimum Gasteiger partial charge on any atom is -0.496 e. The van der Waals surface area contributed by atoms with Crippen LogP contribution in [0.4, 0.5) is 8.78 Å². The molecule has 4 rings (SSSR count). The highest BCUT2D eigenvalue weighted by atomic mass is 79.9. The maximum Gasteiger partial charge on any atom is 0.341 e. The number of methoxy groups -OCH3 is 1. The third-order valence-corrected chi connectivity index (χ3v) is 6.59. The molecule has 0 saturated carbocycles. The molecule has 0 unspecified atom stereocenters. The molecule has 6 nitrogen and oxygen atoms in total. The van der Waals surface area contributed by atoms with E-state index < -0.39 is 17.6 Å². The molecule has 176 valence electrons. The van der Waals surface area contributed by atoms with Crippen molar-refractivity contribution in [2.24, 2.45) is 5.41 Å². The zero-order valence-corrected chi connectivity index (χ0v) is 20.5. The molecule has 0 bridgehead atoms. The third kappa shape index (κ3) is 4.36. The van der Waals surface area contributed by atoms with Gasteiger partial charge in [-0.3, -0.25) is 0 Å². The fraction of sp³-hybridized carbons (Fsp3) is 0.417. The number of rotatable bonds is 6. The Morgan fingerprint density at radius 1 is 1.27 bits per heavy atom. The number of halogens is 3. The van der Waals surface area contributed by atoms with Crippen LogP contribution in [-0.4, -0.2) is 42.5 Å². The number of aromatic nitrogens is 2. The molecular formula is C24H25BrF2N2O4. The third-order valence-electron chi connectivity index (χ3n) is 5.98. The topological polar surface area (TPSA) is 62.6 Å². The summed E-state index contributed by atoms with van der Waals surface area (Å²) in [6.45, 7) is 7.09. The van der Waals surface area contributed by atoms with Gasteiger partial charge in [0.15, 0.2) is 0 Å². The van der Waals surface area contributed by atoms with Gasteiger partial charge in [-0.25, -0.2) is 18.6 Å². The van der Waals surface area contributed by atoms with Gasteiger partial charge < -0.3 is 18.8 Å². The Hall–Kier alpha value is -2.52. The van der Waals surface area contributed by atoms with Crippen LogP contribution < -0.4 is 4.74 Å². The van der Waals surface area contributed by atoms with Gasteiger partial charge in [-0.15, -0.1) is 0 Å². The van der Waals surface area contributed by atoms with Crippen molar-refractivity contribution in [1.82, 2.24) is 9.55 Å². The van der Waals surface area contributed by atoms with Crippen molar-refractivity contribution in [3.8, 4) is 5.75 Å². The van der Waals surface area contributed by atoms with Crippen molar-refractivity contribution in [2.75, 3.05) is 26.9 Å². The summed E-state index contributed by atoms with van der Waals surface area (Å²) in [5, 5.41) is 0. The summed E-state index contributed by atoms with van der Waals surface area (Å²) in [4.78, 5) is 17.3. The molecule has 0 radical (unpaired) electrons. The number of carbonyl (C=O) groups is 1. The Labute approximate surface area is 199 Å². The minimum absolute atomic E-state index is 0.0615. The Bertz CT molecular complexity index is 1230. The molecule has 1 aliphatic heterocycles. The standard InChI is InChI=1S/C24H25BrF2N2O4/c1-5-33-23(30)14-8-19-18(10-20(14)31-4)28-22(29(19)21-11-32-12-24(21,2)3)7-13-6-17(27)15(25)9-16(13)26/h6,8-10,21H,5,7,11-12H2,1-4H3/t21-/m1/s1. The van der Waals surface area contributed by atoms with E-state index in [4.69, 9.17) is 19.2 Å². The average molecular weight is 523 g/mol. The van der Waals surface area contributed by atoms with Gasteiger partial charge in [0, 0.05) is 17.9 Å². The van der Waals surface area contributed by atoms with E-state index in [9.17, 15) is 13.6 Å². The van der Waals surface area contributed by atoms with Gasteiger partial charge in [0.25, 0.3) is 0 Å². The normalized spacial score (nSPS) is 17.5. The van der Waals surface area contributed by atoms with E-state index in [1.807, 2.05) is 4.57 Å². The molecule has 0 spiro atoms. The lowest BCUT2D eigenvalue weighted by atomic mass is 9.87. The van der Waals surface area contributed by atoms with Gasteiger partial charge in [0.1, 0.15) is 28.8 Å². The summed E-state index contributed by atoms with van der Waals surface area (Å²) in [6.07, 6.45) is 0.0638. The number of hydrogen-bond donors (Lipinski definition) is 0. The van der Waals surface area contributed by atoms with Crippen molar-refractivity contribution >= 4 is 32.9 Å². The zero-order valence-electron chi connectivity index (χ0n) is 18.9. The number of benzene rings is 2. The summed E-state index contributed by atoms with van der Waals surface area (Å²) in [5.74, 6) is -0.718. The molecule has 0 N–H and O–H groups in total. The molecule has 9 heteroatoms. The zero-order chi connectivity index (χ0) is 23.9. The van der Waals surface area contributed by atoms with Crippen LogP contribution in [0, 0.1) is 17.0 Å². The monoisotopic (exact) mass is 522 g/mol. The van der Waals surface area contributed by atoms with Crippen LogP contribution in [0.5, 0.6) is 5.75 Å². The Morgan fingerprint density at radius 2 is 2.03 bits per heavy atom. The second kappa shape index (κ2) is 9.02. The second-order valence-electron chi connectivity index (χ2n) is 8.71. The van der Waals surface area contributed by atoms with Gasteiger partial charge in [-0.1, -0.05) is 13.8 Å². The Balaban J connectivity index is 1.93. The summed E-state index contributed by atoms with van der Waals surface area (Å²) >= 11 is 3.02. The highest BCUT2D eigenvalue weighted by Gasteiger charge is 2.39. The van der Waals surface area contributed by atoms with Crippen molar-refractivity contribution in [2.45, 2.75) is 33.2 Å². The molecule has 1 saturated heterocycles. The Morgan fingerprint density at radius 3 is 2.67 bits per heavy atom. The van der Waals surface area contributed by atoms with Crippen LogP contribution >= 0.6 is 15.9 Å². The lowest BCUT2D eigenvalue weighted by Crippen LogP contribution is -2.27. The van der Waals surface area contributed by atoms with Crippen molar-refractivity contribution in [1.29, 1.82) is 0 Å². The lowest BCUT2D eigenvalue weighted by molar-refractivity contribution is 0.0523. The van der Waals surface area contributed by atoms with Crippen molar-refractivity contribution in [3.63, 3.8) is 0 Å². The molecule has 3 aromatic rings. The number of esters is 1. The largest absolute Gasteiger partial charge is 0.496 e. The number of imidazole rings is 1. The quantitative estimate of drug-likeness (QED) is 0.318. The maximum atomic E-state index is 14.7. The first-order valence-electron chi connectivity index (χ1n) is 10.6. The molecule has 1 fully saturated rings. The van der Waals surface area contributed by atoms with E-state index in [2.05, 4.69) is 29.8 Å². The fourth-order valence-electron chi connectivity index (χ4n) is 4.23. The lowest BCUT2D eigenvalue weighted by Gasteiger charge is -2.28. The van der Waals surface area contributed by atoms with Crippen molar-refractivity contribution in [3.05, 3.63) is 57.3 Å². The number of fused-ring (bicyclic) bond motifs is 1. The SMILES string of the molecule is CCOC(=O)c1cc2c(cc1OC)nc(Cc1cc(F)c(Br)cc1F)n2[C@@H]1COCC1(C)C. The summed E-state index contributed by atoms with van der Waals surface area (Å²) in [7, 11) is 1.47. The molecule has 1 aromatic heterocycles. The molecule has 33 heavy (non-hydrogen) atoms. The average Bonchev–Trinajstić information content (AvgIpc) is 3.28. The van der Waals surface area contributed by atoms with Gasteiger partial charge in [-0.2, -0.15) is 0 Å². The molecular weight excluding hydrogens is 498 g/mol. The first-order chi connectivity index (χ1) is 15.7. The number of hydrogen-bond acceptors (Lipinski definition) is 5. The van der Waals surface area contributed by atoms with E-state index in [-0.39, 0.29) is 40.1 Å². The first kappa shape index (κ1) is 23.6. The number of ether oxygens (including phenoxy) is 3. The molecule has 0 aliphatic carbocycles. The Kier molecular flexibility index (Phi) is 6.46. The second-order valence-corrected chi connectivity index (χ2v) is 9.57. The minimum atomic E-state index is -0.551. The highest BCUT2D eigenvalue weighted by Crippen LogP contribution is 2.41. The fourth-order valence-corrected chi connectivity index (χ4v) is 4.55. The predicted octanol–water partition coefficient (Wildman–Crippen LogP) is 5.45. The van der Waals surface area contributed by atoms with Gasteiger partial charge >= 0.3 is 5.97 Å². The highest BCUT2D eigenvalue weighted by molar-refractivity contribution is 9.10. The van der Waals surface area contributed by atoms with Gasteiger partial charge in [0.05, 0.1) is 48.5 Å². The van der Waals surface area contributed by atoms with Crippen LogP contribution in [0.25, 0.3) is 11.0 Å². The van der Waals surface area contributed by atoms with E-state index in [1.165, 1.54) is 13.2 Å². The number of nitrogens with zero attached hydrogens (tertiary/aromatic N) is 2. The molecule has 2 heterocycles. The van der Waals surface area contributed by atoms with E-state index in [1.54, 1.807) is 19.1 Å². The van der Waals surface area contributed by atoms with Crippen molar-refractivity contribution < 1.29 is 27.8 Å². The van der Waals surface area contributed by atoms with Gasteiger partial charge in [-0.05, 0) is 46.6 Å². The van der Waals surface area contributed by atoms with Crippen LogP contribution in [0.3, 0.4) is 0 Å². The molecule has 1 atom stereocenters. The summed E-state index contributed by atoms with van der Waals surface area (Å²) in [6, 6.07) is 5.52. The van der Waals surface area contributed by atoms with Crippen LogP contribution in [0.2, 0.25) is 0 Å². The maximum absolute atomic E-state index is 14.7. The van der Waals surface area contributed by atoms with E-state index in [0.717, 1.165) is 6.07 Å². The van der Waals surface area contributed by atoms with Gasteiger partial charge in [0.2, 0.25) is 0 Å². The number of carbonyl (C=O) groups excluding carboxylic acids is 1. The molecule has 1 aliphatic rings. The van der Waals surface area contributed by atoms with E-state index in [0.29, 0.717) is 35.8 Å². The first-order valence-corrected chi connectivity index (χ1v) is 11.4. The summed E-state index contributed by atoms with van der Waals surface area (Å²) in [5.41, 5.74) is 1.47. The predicted molar refractivity (Wildman–Crippen MR) is 123 cm³/mol. The molecule has 2 aromatic carbocycles. The van der Waals surface area contributed by atoms with E-state index >= 15 is 0 Å². The van der Waals surface area contributed by atoms with Crippen LogP contribution in [0.15, 0.2) is 28.7 Å². The molecule has 0 amide bonds. The van der Waals surface area contributed by atoms with Crippen LogP contribution in [-0.2, 0) is 15.9 Å². The smallest absolute Gasteiger partial charge is 0.341 e. The van der Waals surface area contributed by atoms with Crippen LogP contribution in [0.1, 0.15) is 48.6 Å².